The molecule has 0 saturated carbocycles. The number of hydrogen-bond acceptors (Lipinski definition) is 18. The van der Waals surface area contributed by atoms with Crippen molar-refractivity contribution in [3.8, 4) is 0 Å². The fourth-order valence-corrected chi connectivity index (χ4v) is 6.66. The molecule has 0 rings (SSSR count). The molecule has 77 heavy (non-hydrogen) atoms. The standard InChI is InChI=1S/C15H28N2O4.C12H24N2O3.C11H20O3.C9H17NO3.C7H15NO2.2CH4/c1-11(2)9-13(14(19)5-4-8-21-10-18)17-15(20)7-6-12(3)16;1-8(2)7-10(12(16)17-4)14-11(15)6-5-9(3)13;1-9(2)7-10(3)11(13)5-4-6-14-8-12;1-6(2)5-8(9(12)13-4)10-7(3)11;1-5(2)4-6(8)7(9)10-3;;/h10-13H,4-9,16H2,1-3H3,(H,17,20);8-10H,5-7,13H2,1-4H3,(H,14,15);8-10H,4-7H2,1-3H3;6,8H,5H2,1-4H3,(H,10,11);5-6H,4,8H2,1-3H3;2*1H4. The van der Waals surface area contributed by atoms with Crippen LogP contribution >= 0.6 is 0 Å². The molecule has 0 heterocycles. The summed E-state index contributed by atoms with van der Waals surface area (Å²) in [5.74, 6) is 0.721. The summed E-state index contributed by atoms with van der Waals surface area (Å²) in [6.07, 6.45) is 7.21. The highest BCUT2D eigenvalue weighted by molar-refractivity contribution is 5.89. The second-order valence-corrected chi connectivity index (χ2v) is 20.8. The minimum Gasteiger partial charge on any atom is -0.468 e. The second kappa shape index (κ2) is 54.3. The van der Waals surface area contributed by atoms with Gasteiger partial charge < -0.3 is 56.8 Å². The first kappa shape index (κ1) is 85.9. The zero-order chi connectivity index (χ0) is 59.2. The number of Topliss-reactive ketones (excluding diaryl/α,β-unsaturated/α-hetero) is 2. The number of esters is 3. The average Bonchev–Trinajstić information content (AvgIpc) is 3.31. The van der Waals surface area contributed by atoms with Gasteiger partial charge in [0.05, 0.1) is 40.6 Å². The van der Waals surface area contributed by atoms with E-state index in [1.165, 1.54) is 28.3 Å². The first-order valence-corrected chi connectivity index (χ1v) is 26.4. The van der Waals surface area contributed by atoms with Crippen molar-refractivity contribution in [1.82, 2.24) is 16.0 Å². The molecule has 9 N–H and O–H groups in total. The zero-order valence-electron chi connectivity index (χ0n) is 49.0. The van der Waals surface area contributed by atoms with Gasteiger partial charge in [0.2, 0.25) is 17.7 Å². The largest absolute Gasteiger partial charge is 0.468 e. The summed E-state index contributed by atoms with van der Waals surface area (Å²) < 4.78 is 22.7. The maximum absolute atomic E-state index is 12.1. The summed E-state index contributed by atoms with van der Waals surface area (Å²) in [6, 6.07) is -2.03. The fourth-order valence-electron chi connectivity index (χ4n) is 6.66. The zero-order valence-corrected chi connectivity index (χ0v) is 49.0. The molecule has 456 valence electrons. The van der Waals surface area contributed by atoms with Crippen molar-refractivity contribution in [3.05, 3.63) is 0 Å². The number of carbonyl (C=O) groups is 10. The fraction of sp³-hybridized carbons (Fsp3) is 0.821. The monoisotopic (exact) mass is 1110 g/mol. The molecule has 0 aliphatic rings. The lowest BCUT2D eigenvalue weighted by Crippen LogP contribution is -2.42. The van der Waals surface area contributed by atoms with Gasteiger partial charge in [0, 0.05) is 50.6 Å². The molecule has 0 aromatic carbocycles. The number of amides is 3. The van der Waals surface area contributed by atoms with Gasteiger partial charge in [-0.1, -0.05) is 91.0 Å². The third-order valence-electron chi connectivity index (χ3n) is 10.3. The highest BCUT2D eigenvalue weighted by Gasteiger charge is 2.24. The van der Waals surface area contributed by atoms with Crippen molar-refractivity contribution < 1.29 is 71.6 Å². The van der Waals surface area contributed by atoms with E-state index in [2.05, 4.69) is 53.5 Å². The lowest BCUT2D eigenvalue weighted by Gasteiger charge is -2.20. The van der Waals surface area contributed by atoms with Crippen LogP contribution in [0.3, 0.4) is 0 Å². The lowest BCUT2D eigenvalue weighted by molar-refractivity contribution is -0.145. The van der Waals surface area contributed by atoms with Gasteiger partial charge in [-0.25, -0.2) is 9.59 Å². The number of nitrogens with one attached hydrogen (secondary N) is 3. The molecule has 21 nitrogen and oxygen atoms in total. The molecule has 0 aromatic rings. The van der Waals surface area contributed by atoms with Crippen LogP contribution in [0.25, 0.3) is 0 Å². The minimum atomic E-state index is -0.555. The van der Waals surface area contributed by atoms with Crippen LogP contribution in [0.5, 0.6) is 0 Å². The number of ketones is 2. The van der Waals surface area contributed by atoms with Crippen molar-refractivity contribution in [1.29, 1.82) is 0 Å². The second-order valence-electron chi connectivity index (χ2n) is 20.8. The molecule has 3 amide bonds. The third-order valence-corrected chi connectivity index (χ3v) is 10.3. The maximum Gasteiger partial charge on any atom is 0.328 e. The van der Waals surface area contributed by atoms with Crippen molar-refractivity contribution >= 4 is 60.1 Å². The van der Waals surface area contributed by atoms with Crippen LogP contribution in [0.4, 0.5) is 0 Å². The van der Waals surface area contributed by atoms with Crippen LogP contribution in [-0.4, -0.2) is 131 Å². The highest BCUT2D eigenvalue weighted by atomic mass is 16.5. The van der Waals surface area contributed by atoms with Gasteiger partial charge in [-0.15, -0.1) is 0 Å². The summed E-state index contributed by atoms with van der Waals surface area (Å²) in [4.78, 5) is 111. The smallest absolute Gasteiger partial charge is 0.328 e. The Balaban J connectivity index is -0.000000161. The number of hydrogen-bond donors (Lipinski definition) is 6. The number of carbonyl (C=O) groups excluding carboxylic acids is 10. The van der Waals surface area contributed by atoms with Crippen LogP contribution in [0, 0.1) is 35.5 Å². The van der Waals surface area contributed by atoms with Gasteiger partial charge in [0.25, 0.3) is 12.9 Å². The van der Waals surface area contributed by atoms with E-state index in [0.717, 1.165) is 6.42 Å². The van der Waals surface area contributed by atoms with Gasteiger partial charge in [-0.3, -0.25) is 38.4 Å². The maximum atomic E-state index is 12.1. The normalized spacial score (nSPS) is 12.9. The molecule has 0 aliphatic heterocycles. The lowest BCUT2D eigenvalue weighted by atomic mass is 9.93. The Morgan fingerprint density at radius 3 is 1.08 bits per heavy atom. The van der Waals surface area contributed by atoms with Crippen LogP contribution in [0.2, 0.25) is 0 Å². The quantitative estimate of drug-likeness (QED) is 0.0169. The van der Waals surface area contributed by atoms with Crippen molar-refractivity contribution in [2.24, 2.45) is 52.7 Å². The SMILES string of the molecule is C.C.CC(C)CC(C)C(=O)CCCOC=O.CC(C)CC(NC(=O)CCC(C)N)C(=O)CCCOC=O.COC(=O)C(CC(C)C)NC(=O)CCC(C)N.COC(=O)C(CC(C)C)NC(C)=O.COC(=O)C(N)CC(C)C. The molecule has 7 unspecified atom stereocenters. The summed E-state index contributed by atoms with van der Waals surface area (Å²) in [7, 11) is 3.99. The summed E-state index contributed by atoms with van der Waals surface area (Å²) in [6.45, 7) is 28.6. The molecule has 0 fully saturated rings. The Kier molecular flexibility index (Phi) is 60.6. The Labute approximate surface area is 465 Å². The van der Waals surface area contributed by atoms with E-state index in [1.54, 1.807) is 0 Å². The first-order valence-electron chi connectivity index (χ1n) is 26.4. The van der Waals surface area contributed by atoms with Crippen molar-refractivity contribution in [2.75, 3.05) is 34.5 Å². The van der Waals surface area contributed by atoms with Crippen LogP contribution in [0.1, 0.15) is 195 Å². The predicted molar refractivity (Wildman–Crippen MR) is 304 cm³/mol. The van der Waals surface area contributed by atoms with Crippen molar-refractivity contribution in [3.63, 3.8) is 0 Å². The molecular formula is C56H112N6O15. The van der Waals surface area contributed by atoms with Gasteiger partial charge in [0.15, 0.2) is 5.78 Å². The molecule has 7 atom stereocenters. The Bertz CT molecular complexity index is 1570. The molecule has 0 spiro atoms. The summed E-state index contributed by atoms with van der Waals surface area (Å²) >= 11 is 0. The molecule has 0 aromatic heterocycles. The Morgan fingerprint density at radius 2 is 0.766 bits per heavy atom. The topological polar surface area (TPSA) is 331 Å². The molecular weight excluding hydrogens is 997 g/mol. The van der Waals surface area contributed by atoms with Gasteiger partial charge in [0.1, 0.15) is 23.9 Å². The van der Waals surface area contributed by atoms with E-state index >= 15 is 0 Å². The average molecular weight is 1110 g/mol. The molecule has 0 aliphatic carbocycles. The Hall–Kier alpha value is -5.02. The number of methoxy groups -OCH3 is 3. The van der Waals surface area contributed by atoms with Gasteiger partial charge >= 0.3 is 17.9 Å². The number of nitrogens with two attached hydrogens (primary N) is 3. The van der Waals surface area contributed by atoms with E-state index < -0.39 is 30.1 Å². The van der Waals surface area contributed by atoms with E-state index in [9.17, 15) is 47.9 Å². The predicted octanol–water partition coefficient (Wildman–Crippen LogP) is 6.69. The van der Waals surface area contributed by atoms with E-state index in [4.69, 9.17) is 17.2 Å². The molecule has 0 bridgehead atoms. The first-order chi connectivity index (χ1) is 34.8. The number of ether oxygens (including phenoxy) is 5. The van der Waals surface area contributed by atoms with E-state index in [0.29, 0.717) is 126 Å². The molecule has 21 heteroatoms. The minimum absolute atomic E-state index is 0. The van der Waals surface area contributed by atoms with Crippen molar-refractivity contribution in [2.45, 2.75) is 232 Å². The van der Waals surface area contributed by atoms with E-state index in [-0.39, 0.29) is 80.7 Å². The summed E-state index contributed by atoms with van der Waals surface area (Å²) in [5.41, 5.74) is 16.6. The molecule has 0 saturated heterocycles. The van der Waals surface area contributed by atoms with Gasteiger partial charge in [-0.2, -0.15) is 0 Å². The van der Waals surface area contributed by atoms with Gasteiger partial charge in [-0.05, 0) is 101 Å². The van der Waals surface area contributed by atoms with E-state index in [1.807, 2.05) is 76.2 Å². The highest BCUT2D eigenvalue weighted by Crippen LogP contribution is 2.15. The number of rotatable bonds is 34. The van der Waals surface area contributed by atoms with Crippen LogP contribution in [-0.2, 0) is 71.6 Å². The summed E-state index contributed by atoms with van der Waals surface area (Å²) in [5, 5.41) is 8.02. The molecule has 0 radical (unpaired) electrons. The Morgan fingerprint density at radius 1 is 0.442 bits per heavy atom. The van der Waals surface area contributed by atoms with Crippen LogP contribution < -0.4 is 33.2 Å². The van der Waals surface area contributed by atoms with Crippen LogP contribution in [0.15, 0.2) is 0 Å². The third kappa shape index (κ3) is 60.1.